The van der Waals surface area contributed by atoms with Gasteiger partial charge >= 0.3 is 11.9 Å². The van der Waals surface area contributed by atoms with E-state index in [9.17, 15) is 9.59 Å². The van der Waals surface area contributed by atoms with Crippen molar-refractivity contribution in [3.8, 4) is 0 Å². The third-order valence-electron chi connectivity index (χ3n) is 2.86. The molecule has 0 bridgehead atoms. The Morgan fingerprint density at radius 1 is 1.06 bits per heavy atom. The number of carbonyl (C=O) groups is 2. The van der Waals surface area contributed by atoms with E-state index in [1.54, 1.807) is 0 Å². The number of hydrogen-bond acceptors (Lipinski definition) is 6. The van der Waals surface area contributed by atoms with Gasteiger partial charge in [-0.1, -0.05) is 0 Å². The number of aliphatic carboxylic acids is 2. The standard InChI is InChI=1S/2C5H9NO3/c7-3-1-4(5(8)9)6-2-3;7-3-1-2-6-4(3)5(8)9/h2*3-4,6-7H,1-2H2,(H,8,9)/t3-,4+;3?,4-/m10/s1. The summed E-state index contributed by atoms with van der Waals surface area (Å²) in [6, 6.07) is -1.29. The molecule has 0 aromatic carbocycles. The smallest absolute Gasteiger partial charge is 0.323 e. The second-order valence-corrected chi connectivity index (χ2v) is 4.31. The lowest BCUT2D eigenvalue weighted by Crippen LogP contribution is -2.38. The van der Waals surface area contributed by atoms with Gasteiger partial charge < -0.3 is 31.1 Å². The Bertz CT molecular complexity index is 311. The minimum Gasteiger partial charge on any atom is -0.480 e. The molecule has 0 amide bonds. The molecule has 2 aliphatic rings. The summed E-state index contributed by atoms with van der Waals surface area (Å²) in [6.45, 7) is 0.995. The number of carboxylic acids is 2. The van der Waals surface area contributed by atoms with Crippen molar-refractivity contribution in [3.63, 3.8) is 0 Å². The second-order valence-electron chi connectivity index (χ2n) is 4.31. The maximum atomic E-state index is 10.2. The van der Waals surface area contributed by atoms with Crippen LogP contribution in [0.5, 0.6) is 0 Å². The normalized spacial score (nSPS) is 34.8. The molecule has 0 spiro atoms. The van der Waals surface area contributed by atoms with Crippen molar-refractivity contribution in [1.82, 2.24) is 10.6 Å². The summed E-state index contributed by atoms with van der Waals surface area (Å²) in [5.41, 5.74) is 0. The Labute approximate surface area is 104 Å². The van der Waals surface area contributed by atoms with Crippen LogP contribution in [-0.4, -0.2) is 69.7 Å². The van der Waals surface area contributed by atoms with Crippen molar-refractivity contribution in [2.45, 2.75) is 37.1 Å². The molecule has 8 nitrogen and oxygen atoms in total. The van der Waals surface area contributed by atoms with Crippen LogP contribution < -0.4 is 10.6 Å². The summed E-state index contributed by atoms with van der Waals surface area (Å²) >= 11 is 0. The summed E-state index contributed by atoms with van der Waals surface area (Å²) in [6.07, 6.45) is -0.319. The molecule has 2 heterocycles. The summed E-state index contributed by atoms with van der Waals surface area (Å²) in [7, 11) is 0. The Morgan fingerprint density at radius 3 is 1.94 bits per heavy atom. The first-order valence-corrected chi connectivity index (χ1v) is 5.70. The van der Waals surface area contributed by atoms with Crippen LogP contribution in [0.1, 0.15) is 12.8 Å². The molecular formula is C10H18N2O6. The lowest BCUT2D eigenvalue weighted by atomic mass is 10.2. The first-order valence-electron chi connectivity index (χ1n) is 5.70. The number of rotatable bonds is 2. The van der Waals surface area contributed by atoms with Crippen molar-refractivity contribution in [3.05, 3.63) is 0 Å². The third kappa shape index (κ3) is 4.22. The molecule has 2 rings (SSSR count). The molecule has 4 atom stereocenters. The van der Waals surface area contributed by atoms with Gasteiger partial charge in [-0.05, 0) is 13.0 Å². The Morgan fingerprint density at radius 2 is 1.72 bits per heavy atom. The monoisotopic (exact) mass is 262 g/mol. The SMILES string of the molecule is O=C(O)[C@@H]1C[C@@H](O)CN1.O=C(O)[C@H]1NCCC1O. The van der Waals surface area contributed by atoms with Gasteiger partial charge in [-0.2, -0.15) is 0 Å². The first kappa shape index (κ1) is 14.8. The van der Waals surface area contributed by atoms with E-state index in [1.807, 2.05) is 0 Å². The Balaban J connectivity index is 0.000000180. The lowest BCUT2D eigenvalue weighted by molar-refractivity contribution is -0.141. The van der Waals surface area contributed by atoms with E-state index in [0.717, 1.165) is 0 Å². The van der Waals surface area contributed by atoms with Gasteiger partial charge in [0.25, 0.3) is 0 Å². The summed E-state index contributed by atoms with van der Waals surface area (Å²) in [4.78, 5) is 20.4. The van der Waals surface area contributed by atoms with Crippen LogP contribution in [-0.2, 0) is 9.59 Å². The van der Waals surface area contributed by atoms with Crippen LogP contribution in [0.15, 0.2) is 0 Å². The molecular weight excluding hydrogens is 244 g/mol. The van der Waals surface area contributed by atoms with Gasteiger partial charge in [0.05, 0.1) is 12.2 Å². The fraction of sp³-hybridized carbons (Fsp3) is 0.800. The molecule has 2 fully saturated rings. The number of β-amino-alcohol motifs (C(OH)–C–C–N with tert-alkyl or cyclic N) is 1. The van der Waals surface area contributed by atoms with Crippen LogP contribution in [0.4, 0.5) is 0 Å². The first-order chi connectivity index (χ1) is 8.41. The average Bonchev–Trinajstić information content (AvgIpc) is 2.87. The highest BCUT2D eigenvalue weighted by molar-refractivity contribution is 5.74. The predicted molar refractivity (Wildman–Crippen MR) is 60.1 cm³/mol. The van der Waals surface area contributed by atoms with E-state index in [4.69, 9.17) is 20.4 Å². The highest BCUT2D eigenvalue weighted by atomic mass is 16.4. The zero-order chi connectivity index (χ0) is 13.7. The number of carboxylic acid groups (broad SMARTS) is 2. The van der Waals surface area contributed by atoms with E-state index < -0.39 is 36.2 Å². The quantitative estimate of drug-likeness (QED) is 0.323. The van der Waals surface area contributed by atoms with Gasteiger partial charge in [-0.25, -0.2) is 0 Å². The average molecular weight is 262 g/mol. The summed E-state index contributed by atoms with van der Waals surface area (Å²) in [5.74, 6) is -1.86. The van der Waals surface area contributed by atoms with Crippen molar-refractivity contribution in [2.75, 3.05) is 13.1 Å². The zero-order valence-corrected chi connectivity index (χ0v) is 9.74. The molecule has 0 aliphatic carbocycles. The van der Waals surface area contributed by atoms with Crippen molar-refractivity contribution >= 4 is 11.9 Å². The maximum Gasteiger partial charge on any atom is 0.323 e. The van der Waals surface area contributed by atoms with Gasteiger partial charge in [0, 0.05) is 13.0 Å². The van der Waals surface area contributed by atoms with Crippen molar-refractivity contribution in [1.29, 1.82) is 0 Å². The number of nitrogens with one attached hydrogen (secondary N) is 2. The molecule has 1 unspecified atom stereocenters. The third-order valence-corrected chi connectivity index (χ3v) is 2.86. The molecule has 0 radical (unpaired) electrons. The van der Waals surface area contributed by atoms with E-state index >= 15 is 0 Å². The van der Waals surface area contributed by atoms with Crippen molar-refractivity contribution < 1.29 is 30.0 Å². The van der Waals surface area contributed by atoms with Crippen LogP contribution in [0.2, 0.25) is 0 Å². The number of aliphatic hydroxyl groups is 2. The molecule has 18 heavy (non-hydrogen) atoms. The van der Waals surface area contributed by atoms with Crippen LogP contribution >= 0.6 is 0 Å². The minimum atomic E-state index is -0.972. The molecule has 0 saturated carbocycles. The molecule has 0 aromatic heterocycles. The fourth-order valence-electron chi connectivity index (χ4n) is 1.85. The molecule has 0 aromatic rings. The summed E-state index contributed by atoms with van der Waals surface area (Å²) < 4.78 is 0. The molecule has 2 saturated heterocycles. The van der Waals surface area contributed by atoms with Crippen LogP contribution in [0, 0.1) is 0 Å². The maximum absolute atomic E-state index is 10.2. The topological polar surface area (TPSA) is 139 Å². The largest absolute Gasteiger partial charge is 0.480 e. The van der Waals surface area contributed by atoms with E-state index in [0.29, 0.717) is 25.9 Å². The van der Waals surface area contributed by atoms with E-state index in [1.165, 1.54) is 0 Å². The lowest BCUT2D eigenvalue weighted by Gasteiger charge is -2.06. The number of hydrogen-bond donors (Lipinski definition) is 6. The van der Waals surface area contributed by atoms with Gasteiger partial charge in [0.1, 0.15) is 12.1 Å². The van der Waals surface area contributed by atoms with Crippen LogP contribution in [0.3, 0.4) is 0 Å². The molecule has 8 heteroatoms. The fourth-order valence-corrected chi connectivity index (χ4v) is 1.85. The van der Waals surface area contributed by atoms with Gasteiger partial charge in [-0.3, -0.25) is 9.59 Å². The molecule has 2 aliphatic heterocycles. The van der Waals surface area contributed by atoms with Gasteiger partial charge in [-0.15, -0.1) is 0 Å². The highest BCUT2D eigenvalue weighted by Crippen LogP contribution is 2.06. The van der Waals surface area contributed by atoms with Gasteiger partial charge in [0.2, 0.25) is 0 Å². The minimum absolute atomic E-state index is 0.329. The Kier molecular flexibility index (Phi) is 5.48. The van der Waals surface area contributed by atoms with Crippen LogP contribution in [0.25, 0.3) is 0 Å². The van der Waals surface area contributed by atoms with Gasteiger partial charge in [0.15, 0.2) is 0 Å². The predicted octanol–water partition coefficient (Wildman–Crippen LogP) is -2.41. The second kappa shape index (κ2) is 6.64. The molecule has 104 valence electrons. The zero-order valence-electron chi connectivity index (χ0n) is 9.74. The Hall–Kier alpha value is -1.22. The van der Waals surface area contributed by atoms with Crippen molar-refractivity contribution in [2.24, 2.45) is 0 Å². The number of aliphatic hydroxyl groups excluding tert-OH is 2. The molecule has 6 N–H and O–H groups in total. The van der Waals surface area contributed by atoms with E-state index in [-0.39, 0.29) is 0 Å². The highest BCUT2D eigenvalue weighted by Gasteiger charge is 2.30. The summed E-state index contributed by atoms with van der Waals surface area (Å²) in [5, 5.41) is 39.8. The van der Waals surface area contributed by atoms with E-state index in [2.05, 4.69) is 10.6 Å².